The lowest BCUT2D eigenvalue weighted by Crippen LogP contribution is -2.61. The molecule has 2 fully saturated rings. The largest absolute Gasteiger partial charge is 0.389 e. The number of rotatable bonds is 16. The third kappa shape index (κ3) is 9.41. The molecule has 10 atom stereocenters. The highest BCUT2D eigenvalue weighted by Gasteiger charge is 2.42. The van der Waals surface area contributed by atoms with Crippen molar-refractivity contribution < 1.29 is 34.6 Å². The highest BCUT2D eigenvalue weighted by Crippen LogP contribution is 2.23. The number of aliphatic hydroxyl groups excluding tert-OH is 4. The van der Waals surface area contributed by atoms with Crippen LogP contribution in [0.2, 0.25) is 0 Å². The summed E-state index contributed by atoms with van der Waals surface area (Å²) in [6.07, 6.45) is 1.95. The molecule has 2 heterocycles. The van der Waals surface area contributed by atoms with Gasteiger partial charge in [0.15, 0.2) is 0 Å². The number of nitrogens with zero attached hydrogens (tertiary/aromatic N) is 6. The second-order valence-electron chi connectivity index (χ2n) is 11.6. The van der Waals surface area contributed by atoms with Gasteiger partial charge < -0.3 is 57.6 Å². The third-order valence-corrected chi connectivity index (χ3v) is 8.05. The fourth-order valence-electron chi connectivity index (χ4n) is 5.47. The summed E-state index contributed by atoms with van der Waals surface area (Å²) in [5.74, 6) is 0. The van der Waals surface area contributed by atoms with E-state index in [1.54, 1.807) is 21.8 Å². The Morgan fingerprint density at radius 3 is 1.47 bits per heavy atom. The summed E-state index contributed by atoms with van der Waals surface area (Å²) in [7, 11) is 0. The number of nitrogens with two attached hydrogens (primary N) is 4. The maximum Gasteiger partial charge on any atom is 0.109 e. The van der Waals surface area contributed by atoms with Gasteiger partial charge in [-0.3, -0.25) is 9.36 Å². The molecule has 244 valence electrons. The fraction of sp³-hybridized carbons (Fsp3) is 0.846. The van der Waals surface area contributed by atoms with Gasteiger partial charge in [0.05, 0.1) is 37.8 Å². The van der Waals surface area contributed by atoms with Crippen molar-refractivity contribution in [3.63, 3.8) is 0 Å². The first-order chi connectivity index (χ1) is 20.6. The number of aryl methyl sites for hydroxylation is 2. The summed E-state index contributed by atoms with van der Waals surface area (Å²) in [5.41, 5.74) is 24.9. The Morgan fingerprint density at radius 1 is 0.628 bits per heavy atom. The van der Waals surface area contributed by atoms with Gasteiger partial charge in [-0.25, -0.2) is 0 Å². The van der Waals surface area contributed by atoms with Crippen LogP contribution < -0.4 is 22.9 Å². The highest BCUT2D eigenvalue weighted by molar-refractivity contribution is 5.00. The molecule has 43 heavy (non-hydrogen) atoms. The molecule has 0 radical (unpaired) electrons. The van der Waals surface area contributed by atoms with Gasteiger partial charge in [0.1, 0.15) is 35.8 Å². The first kappa shape index (κ1) is 33.7. The topological polar surface area (TPSA) is 274 Å². The van der Waals surface area contributed by atoms with Crippen molar-refractivity contribution >= 4 is 0 Å². The third-order valence-electron chi connectivity index (χ3n) is 8.05. The van der Waals surface area contributed by atoms with Crippen molar-refractivity contribution in [1.29, 1.82) is 0 Å². The molecular formula is C26H48N10O7. The van der Waals surface area contributed by atoms with E-state index >= 15 is 0 Å². The Bertz CT molecular complexity index is 1010. The molecule has 0 bridgehead atoms. The zero-order valence-corrected chi connectivity index (χ0v) is 24.4. The van der Waals surface area contributed by atoms with Gasteiger partial charge in [0.25, 0.3) is 0 Å². The van der Waals surface area contributed by atoms with Crippen LogP contribution in [0.1, 0.15) is 49.9 Å². The average Bonchev–Trinajstić information content (AvgIpc) is 3.63. The molecule has 0 saturated heterocycles. The van der Waals surface area contributed by atoms with Crippen molar-refractivity contribution in [1.82, 2.24) is 30.0 Å². The van der Waals surface area contributed by atoms with E-state index in [9.17, 15) is 20.4 Å². The summed E-state index contributed by atoms with van der Waals surface area (Å²) in [4.78, 5) is 0. The SMILES string of the molecule is N[C@@H]1C[C@H](N)[C@@H](OCc2cn(CCCCOCCCCn3cc(CO[C@H]4[C@H](O)[C@@H](O)[C@H](N)C[C@@H]4N)nn3)nn2)[C@H](O)[C@H]1O. The minimum absolute atomic E-state index is 0.129. The second-order valence-corrected chi connectivity index (χ2v) is 11.6. The van der Waals surface area contributed by atoms with Gasteiger partial charge >= 0.3 is 0 Å². The molecule has 0 aromatic carbocycles. The number of ether oxygens (including phenoxy) is 3. The Hall–Kier alpha value is -2.16. The number of unbranched alkanes of at least 4 members (excludes halogenated alkanes) is 2. The van der Waals surface area contributed by atoms with Crippen molar-refractivity contribution in [2.24, 2.45) is 22.9 Å². The van der Waals surface area contributed by atoms with Crippen LogP contribution in [-0.2, 0) is 40.5 Å². The summed E-state index contributed by atoms with van der Waals surface area (Å²) < 4.78 is 20.7. The zero-order valence-electron chi connectivity index (χ0n) is 24.4. The van der Waals surface area contributed by atoms with Gasteiger partial charge in [0.2, 0.25) is 0 Å². The van der Waals surface area contributed by atoms with Crippen LogP contribution >= 0.6 is 0 Å². The van der Waals surface area contributed by atoms with E-state index in [2.05, 4.69) is 20.6 Å². The predicted octanol–water partition coefficient (Wildman–Crippen LogP) is -3.52. The minimum Gasteiger partial charge on any atom is -0.389 e. The summed E-state index contributed by atoms with van der Waals surface area (Å²) in [6, 6.07) is -2.08. The first-order valence-corrected chi connectivity index (χ1v) is 15.0. The van der Waals surface area contributed by atoms with Gasteiger partial charge in [-0.15, -0.1) is 10.2 Å². The molecule has 2 saturated carbocycles. The van der Waals surface area contributed by atoms with E-state index in [-0.39, 0.29) is 13.2 Å². The predicted molar refractivity (Wildman–Crippen MR) is 152 cm³/mol. The van der Waals surface area contributed by atoms with E-state index in [1.165, 1.54) is 0 Å². The standard InChI is InChI=1S/C26H48N10O7/c27-17-9-19(29)25(23(39)21(17)37)42-13-15-11-35(33-31-15)5-1-3-7-41-8-4-2-6-36-12-16(32-34-36)14-43-26-20(30)10-18(28)22(38)24(26)40/h11-12,17-26,37-40H,1-10,13-14,27-30H2/t17-,18-,19+,20+,21+,22+,23-,24-,25-,26-/m1/s1. The molecular weight excluding hydrogens is 564 g/mol. The van der Waals surface area contributed by atoms with E-state index in [1.807, 2.05) is 0 Å². The molecule has 0 spiro atoms. The van der Waals surface area contributed by atoms with E-state index in [4.69, 9.17) is 37.1 Å². The first-order valence-electron chi connectivity index (χ1n) is 15.0. The van der Waals surface area contributed by atoms with Crippen LogP contribution in [-0.4, -0.2) is 124 Å². The summed E-state index contributed by atoms with van der Waals surface area (Å²) >= 11 is 0. The molecule has 0 aliphatic heterocycles. The van der Waals surface area contributed by atoms with Gasteiger partial charge in [-0.2, -0.15) is 0 Å². The van der Waals surface area contributed by atoms with Crippen LogP contribution in [0.25, 0.3) is 0 Å². The minimum atomic E-state index is -1.14. The lowest BCUT2D eigenvalue weighted by molar-refractivity contribution is -0.132. The highest BCUT2D eigenvalue weighted by atomic mass is 16.5. The smallest absolute Gasteiger partial charge is 0.109 e. The van der Waals surface area contributed by atoms with Gasteiger partial charge in [-0.1, -0.05) is 10.4 Å². The van der Waals surface area contributed by atoms with Crippen molar-refractivity contribution in [2.75, 3.05) is 13.2 Å². The van der Waals surface area contributed by atoms with Crippen molar-refractivity contribution in [3.8, 4) is 0 Å². The number of hydrogen-bond acceptors (Lipinski definition) is 15. The van der Waals surface area contributed by atoms with E-state index in [0.717, 1.165) is 25.7 Å². The lowest BCUT2D eigenvalue weighted by atomic mass is 9.85. The normalized spacial score (nSPS) is 33.2. The van der Waals surface area contributed by atoms with Crippen molar-refractivity contribution in [3.05, 3.63) is 23.8 Å². The summed E-state index contributed by atoms with van der Waals surface area (Å²) in [6.45, 7) is 2.92. The quantitative estimate of drug-likeness (QED) is 0.0853. The molecule has 0 amide bonds. The van der Waals surface area contributed by atoms with Crippen LogP contribution in [0.15, 0.2) is 12.4 Å². The average molecular weight is 613 g/mol. The lowest BCUT2D eigenvalue weighted by Gasteiger charge is -2.39. The number of aliphatic hydroxyl groups is 4. The maximum absolute atomic E-state index is 10.2. The monoisotopic (exact) mass is 612 g/mol. The molecule has 17 nitrogen and oxygen atoms in total. The van der Waals surface area contributed by atoms with Crippen molar-refractivity contribution in [2.45, 2.75) is 126 Å². The molecule has 0 unspecified atom stereocenters. The van der Waals surface area contributed by atoms with E-state index < -0.39 is 60.8 Å². The van der Waals surface area contributed by atoms with E-state index in [0.29, 0.717) is 50.5 Å². The Balaban J connectivity index is 1.02. The van der Waals surface area contributed by atoms with Crippen LogP contribution in [0.5, 0.6) is 0 Å². The zero-order chi connectivity index (χ0) is 30.9. The van der Waals surface area contributed by atoms with Gasteiger partial charge in [-0.05, 0) is 38.5 Å². The number of hydrogen-bond donors (Lipinski definition) is 8. The molecule has 2 aromatic heterocycles. The molecule has 12 N–H and O–H groups in total. The Morgan fingerprint density at radius 2 is 1.05 bits per heavy atom. The molecule has 17 heteroatoms. The maximum atomic E-state index is 10.2. The molecule has 2 aliphatic rings. The second kappa shape index (κ2) is 16.2. The molecule has 4 rings (SSSR count). The fourth-order valence-corrected chi connectivity index (χ4v) is 5.47. The Kier molecular flexibility index (Phi) is 12.7. The molecule has 2 aromatic rings. The number of aromatic nitrogens is 6. The molecule has 2 aliphatic carbocycles. The Labute approximate surface area is 250 Å². The summed E-state index contributed by atoms with van der Waals surface area (Å²) in [5, 5.41) is 56.8. The van der Waals surface area contributed by atoms with Crippen LogP contribution in [0.4, 0.5) is 0 Å². The van der Waals surface area contributed by atoms with Gasteiger partial charge in [0, 0.05) is 50.5 Å². The van der Waals surface area contributed by atoms with Crippen LogP contribution in [0.3, 0.4) is 0 Å². The van der Waals surface area contributed by atoms with Crippen LogP contribution in [0, 0.1) is 0 Å².